The normalized spacial score (nSPS) is 30.4. The van der Waals surface area contributed by atoms with Crippen molar-refractivity contribution < 1.29 is 9.21 Å². The molecule has 1 aromatic rings. The van der Waals surface area contributed by atoms with Crippen LogP contribution in [-0.2, 0) is 4.79 Å². The lowest BCUT2D eigenvalue weighted by atomic mass is 9.90. The number of amides is 1. The molecule has 2 aliphatic heterocycles. The van der Waals surface area contributed by atoms with E-state index in [9.17, 15) is 4.79 Å². The van der Waals surface area contributed by atoms with Gasteiger partial charge in [-0.1, -0.05) is 0 Å². The molecule has 2 fully saturated rings. The maximum atomic E-state index is 12.9. The molecule has 4 nitrogen and oxygen atoms in total. The minimum absolute atomic E-state index is 0.144. The van der Waals surface area contributed by atoms with Gasteiger partial charge in [-0.25, -0.2) is 0 Å². The first-order chi connectivity index (χ1) is 10.1. The molecule has 0 aliphatic carbocycles. The summed E-state index contributed by atoms with van der Waals surface area (Å²) in [5.41, 5.74) is 0. The van der Waals surface area contributed by atoms with Gasteiger partial charge < -0.3 is 14.6 Å². The largest absolute Gasteiger partial charge is 0.464 e. The highest BCUT2D eigenvalue weighted by Gasteiger charge is 2.35. The van der Waals surface area contributed by atoms with Crippen LogP contribution in [0.15, 0.2) is 16.5 Å². The summed E-state index contributed by atoms with van der Waals surface area (Å²) in [6.07, 6.45) is 5.24. The van der Waals surface area contributed by atoms with Gasteiger partial charge in [-0.15, -0.1) is 0 Å². The third-order valence-corrected chi connectivity index (χ3v) is 4.85. The van der Waals surface area contributed by atoms with Gasteiger partial charge in [-0.05, 0) is 64.6 Å². The Hall–Kier alpha value is -1.29. The summed E-state index contributed by atoms with van der Waals surface area (Å²) < 4.78 is 5.81. The van der Waals surface area contributed by atoms with E-state index < -0.39 is 0 Å². The second-order valence-corrected chi connectivity index (χ2v) is 6.57. The van der Waals surface area contributed by atoms with Crippen LogP contribution >= 0.6 is 0 Å². The molecule has 2 aliphatic rings. The van der Waals surface area contributed by atoms with Crippen LogP contribution in [0.2, 0.25) is 0 Å². The minimum Gasteiger partial charge on any atom is -0.464 e. The fraction of sp³-hybridized carbons (Fsp3) is 0.706. The molecule has 3 rings (SSSR count). The van der Waals surface area contributed by atoms with Crippen LogP contribution in [0.1, 0.15) is 56.6 Å². The van der Waals surface area contributed by atoms with Crippen molar-refractivity contribution >= 4 is 5.91 Å². The standard InChI is InChI=1S/C17H26N2O2/c1-12-11-14(8-9-18-12)17(20)19-10-4-3-5-15(19)16-7-6-13(2)21-16/h6-7,12,14-15,18H,3-5,8-11H2,1-2H3/t12-,14-,15?/m0/s1. The molecule has 3 atom stereocenters. The van der Waals surface area contributed by atoms with Crippen molar-refractivity contribution in [3.8, 4) is 0 Å². The SMILES string of the molecule is Cc1ccc(C2CCCCN2C(=O)[C@H]2CCN[C@@H](C)C2)o1. The zero-order chi connectivity index (χ0) is 14.8. The molecule has 0 bridgehead atoms. The highest BCUT2D eigenvalue weighted by Crippen LogP contribution is 2.34. The van der Waals surface area contributed by atoms with Crippen LogP contribution in [-0.4, -0.2) is 29.9 Å². The number of hydrogen-bond acceptors (Lipinski definition) is 3. The molecule has 0 spiro atoms. The van der Waals surface area contributed by atoms with Gasteiger partial charge >= 0.3 is 0 Å². The number of piperidine rings is 2. The van der Waals surface area contributed by atoms with Gasteiger partial charge in [-0.3, -0.25) is 4.79 Å². The van der Waals surface area contributed by atoms with Gasteiger partial charge in [0.05, 0.1) is 6.04 Å². The number of aryl methyl sites for hydroxylation is 1. The maximum Gasteiger partial charge on any atom is 0.226 e. The average molecular weight is 290 g/mol. The van der Waals surface area contributed by atoms with Crippen LogP contribution in [0.4, 0.5) is 0 Å². The monoisotopic (exact) mass is 290 g/mol. The molecule has 21 heavy (non-hydrogen) atoms. The Balaban J connectivity index is 1.75. The fourth-order valence-corrected chi connectivity index (χ4v) is 3.71. The van der Waals surface area contributed by atoms with Gasteiger partial charge in [-0.2, -0.15) is 0 Å². The molecule has 0 aromatic carbocycles. The van der Waals surface area contributed by atoms with E-state index in [-0.39, 0.29) is 12.0 Å². The predicted molar refractivity (Wildman–Crippen MR) is 81.9 cm³/mol. The van der Waals surface area contributed by atoms with Crippen molar-refractivity contribution in [1.82, 2.24) is 10.2 Å². The van der Waals surface area contributed by atoms with Gasteiger partial charge in [0.15, 0.2) is 0 Å². The summed E-state index contributed by atoms with van der Waals surface area (Å²) in [5, 5.41) is 3.43. The molecule has 116 valence electrons. The number of carbonyl (C=O) groups is 1. The van der Waals surface area contributed by atoms with Crippen molar-refractivity contribution in [2.75, 3.05) is 13.1 Å². The fourth-order valence-electron chi connectivity index (χ4n) is 3.71. The zero-order valence-corrected chi connectivity index (χ0v) is 13.1. The summed E-state index contributed by atoms with van der Waals surface area (Å²) in [6.45, 7) is 5.97. The lowest BCUT2D eigenvalue weighted by Crippen LogP contribution is -2.46. The van der Waals surface area contributed by atoms with Crippen molar-refractivity contribution in [1.29, 1.82) is 0 Å². The summed E-state index contributed by atoms with van der Waals surface area (Å²) in [4.78, 5) is 15.0. The predicted octanol–water partition coefficient (Wildman–Crippen LogP) is 3.03. The van der Waals surface area contributed by atoms with Crippen LogP contribution < -0.4 is 5.32 Å². The van der Waals surface area contributed by atoms with Crippen LogP contribution in [0.3, 0.4) is 0 Å². The van der Waals surface area contributed by atoms with E-state index in [2.05, 4.69) is 17.1 Å². The van der Waals surface area contributed by atoms with E-state index in [1.165, 1.54) is 6.42 Å². The van der Waals surface area contributed by atoms with Gasteiger partial charge in [0, 0.05) is 18.5 Å². The summed E-state index contributed by atoms with van der Waals surface area (Å²) in [7, 11) is 0. The number of rotatable bonds is 2. The molecule has 1 unspecified atom stereocenters. The second-order valence-electron chi connectivity index (χ2n) is 6.57. The smallest absolute Gasteiger partial charge is 0.226 e. The molecule has 1 N–H and O–H groups in total. The molecule has 0 radical (unpaired) electrons. The first-order valence-electron chi connectivity index (χ1n) is 8.25. The molecule has 1 aromatic heterocycles. The Bertz CT molecular complexity index is 497. The maximum absolute atomic E-state index is 12.9. The average Bonchev–Trinajstić information content (AvgIpc) is 2.93. The van der Waals surface area contributed by atoms with Crippen LogP contribution in [0.5, 0.6) is 0 Å². The van der Waals surface area contributed by atoms with Crippen molar-refractivity contribution in [2.45, 2.75) is 58.0 Å². The van der Waals surface area contributed by atoms with Crippen LogP contribution in [0, 0.1) is 12.8 Å². The van der Waals surface area contributed by atoms with E-state index >= 15 is 0 Å². The number of nitrogens with zero attached hydrogens (tertiary/aromatic N) is 1. The highest BCUT2D eigenvalue weighted by molar-refractivity contribution is 5.79. The molecular formula is C17H26N2O2. The lowest BCUT2D eigenvalue weighted by Gasteiger charge is -2.38. The molecule has 0 saturated carbocycles. The molecule has 2 saturated heterocycles. The first kappa shape index (κ1) is 14.6. The minimum atomic E-state index is 0.144. The first-order valence-corrected chi connectivity index (χ1v) is 8.25. The number of carbonyl (C=O) groups excluding carboxylic acids is 1. The summed E-state index contributed by atoms with van der Waals surface area (Å²) in [5.74, 6) is 2.40. The van der Waals surface area contributed by atoms with Crippen LogP contribution in [0.25, 0.3) is 0 Å². The third kappa shape index (κ3) is 3.15. The van der Waals surface area contributed by atoms with E-state index in [1.807, 2.05) is 19.1 Å². The van der Waals surface area contributed by atoms with Crippen molar-refractivity contribution in [2.24, 2.45) is 5.92 Å². The van der Waals surface area contributed by atoms with Gasteiger partial charge in [0.25, 0.3) is 0 Å². The molecule has 4 heteroatoms. The molecular weight excluding hydrogens is 264 g/mol. The van der Waals surface area contributed by atoms with Gasteiger partial charge in [0.2, 0.25) is 5.91 Å². The highest BCUT2D eigenvalue weighted by atomic mass is 16.3. The van der Waals surface area contributed by atoms with E-state index in [0.29, 0.717) is 11.9 Å². The second kappa shape index (κ2) is 6.22. The molecule has 1 amide bonds. The Morgan fingerprint density at radius 2 is 2.19 bits per heavy atom. The van der Waals surface area contributed by atoms with Crippen molar-refractivity contribution in [3.63, 3.8) is 0 Å². The van der Waals surface area contributed by atoms with E-state index in [4.69, 9.17) is 4.42 Å². The number of hydrogen-bond donors (Lipinski definition) is 1. The van der Waals surface area contributed by atoms with Crippen molar-refractivity contribution in [3.05, 3.63) is 23.7 Å². The quantitative estimate of drug-likeness (QED) is 0.910. The topological polar surface area (TPSA) is 45.5 Å². The number of likely N-dealkylation sites (tertiary alicyclic amines) is 1. The number of nitrogens with one attached hydrogen (secondary N) is 1. The zero-order valence-electron chi connectivity index (χ0n) is 13.1. The Morgan fingerprint density at radius 3 is 2.90 bits per heavy atom. The Morgan fingerprint density at radius 1 is 1.33 bits per heavy atom. The Kier molecular flexibility index (Phi) is 4.34. The lowest BCUT2D eigenvalue weighted by molar-refractivity contribution is -0.141. The van der Waals surface area contributed by atoms with E-state index in [1.54, 1.807) is 0 Å². The number of furan rings is 1. The molecule has 3 heterocycles. The van der Waals surface area contributed by atoms with E-state index in [0.717, 1.165) is 50.3 Å². The summed E-state index contributed by atoms with van der Waals surface area (Å²) >= 11 is 0. The third-order valence-electron chi connectivity index (χ3n) is 4.85. The Labute approximate surface area is 126 Å². The summed E-state index contributed by atoms with van der Waals surface area (Å²) in [6, 6.07) is 4.63. The van der Waals surface area contributed by atoms with Gasteiger partial charge in [0.1, 0.15) is 11.5 Å².